The van der Waals surface area contributed by atoms with Gasteiger partial charge in [-0.3, -0.25) is 14.8 Å². The maximum Gasteiger partial charge on any atom is 0.257 e. The average molecular weight is 391 g/mol. The topological polar surface area (TPSA) is 67.5 Å². The maximum atomic E-state index is 6.27. The molecule has 0 N–H and O–H groups in total. The van der Waals surface area contributed by atoms with Crippen LogP contribution in [0.1, 0.15) is 17.8 Å². The fraction of sp³-hybridized carbons (Fsp3) is 0.409. The molecule has 150 valence electrons. The second-order valence-corrected chi connectivity index (χ2v) is 7.95. The van der Waals surface area contributed by atoms with Crippen molar-refractivity contribution in [1.29, 1.82) is 0 Å². The molecule has 1 aromatic carbocycles. The smallest absolute Gasteiger partial charge is 0.257 e. The van der Waals surface area contributed by atoms with Crippen LogP contribution in [-0.4, -0.2) is 63.3 Å². The molecule has 3 aromatic rings. The molecule has 2 aromatic heterocycles. The van der Waals surface area contributed by atoms with E-state index in [1.54, 1.807) is 0 Å². The highest BCUT2D eigenvalue weighted by molar-refractivity contribution is 5.51. The largest absolute Gasteiger partial charge is 0.371 e. The minimum Gasteiger partial charge on any atom is -0.371 e. The summed E-state index contributed by atoms with van der Waals surface area (Å²) in [5, 5.41) is 4.17. The van der Waals surface area contributed by atoms with Gasteiger partial charge in [0.15, 0.2) is 5.82 Å². The summed E-state index contributed by atoms with van der Waals surface area (Å²) in [4.78, 5) is 13.7. The Hall–Kier alpha value is -2.61. The van der Waals surface area contributed by atoms with Crippen LogP contribution in [0.25, 0.3) is 11.5 Å². The van der Waals surface area contributed by atoms with Crippen molar-refractivity contribution in [3.8, 4) is 11.5 Å². The average Bonchev–Trinajstić information content (AvgIpc) is 3.37. The third-order valence-electron chi connectivity index (χ3n) is 5.71. The molecule has 0 saturated carbocycles. The van der Waals surface area contributed by atoms with Gasteiger partial charge in [-0.05, 0) is 30.2 Å². The van der Waals surface area contributed by atoms with Crippen molar-refractivity contribution in [2.75, 3.05) is 32.8 Å². The van der Waals surface area contributed by atoms with Crippen LogP contribution in [0.5, 0.6) is 0 Å². The highest BCUT2D eigenvalue weighted by Gasteiger charge is 2.42. The number of ether oxygens (including phenoxy) is 1. The first-order valence-electron chi connectivity index (χ1n) is 10.1. The van der Waals surface area contributed by atoms with E-state index in [1.807, 2.05) is 48.8 Å². The van der Waals surface area contributed by atoms with Crippen LogP contribution in [0.2, 0.25) is 0 Å². The Morgan fingerprint density at radius 3 is 2.66 bits per heavy atom. The quantitative estimate of drug-likeness (QED) is 0.662. The van der Waals surface area contributed by atoms with Crippen LogP contribution in [-0.2, 0) is 17.8 Å². The van der Waals surface area contributed by atoms with Crippen molar-refractivity contribution in [3.05, 3.63) is 66.2 Å². The fourth-order valence-corrected chi connectivity index (χ4v) is 4.33. The lowest BCUT2D eigenvalue weighted by atomic mass is 10.0. The number of nitrogens with zero attached hydrogens (tertiary/aromatic N) is 5. The molecule has 2 saturated heterocycles. The van der Waals surface area contributed by atoms with Crippen molar-refractivity contribution in [2.45, 2.75) is 25.1 Å². The van der Waals surface area contributed by atoms with Crippen molar-refractivity contribution >= 4 is 0 Å². The number of aromatic nitrogens is 3. The molecular formula is C22H25N5O2. The predicted molar refractivity (Wildman–Crippen MR) is 108 cm³/mol. The molecule has 1 spiro atoms. The van der Waals surface area contributed by atoms with E-state index in [0.717, 1.165) is 57.1 Å². The molecule has 0 radical (unpaired) electrons. The molecule has 4 heterocycles. The van der Waals surface area contributed by atoms with E-state index in [2.05, 4.69) is 31.0 Å². The van der Waals surface area contributed by atoms with E-state index in [4.69, 9.17) is 9.26 Å². The first-order chi connectivity index (χ1) is 14.3. The van der Waals surface area contributed by atoms with Gasteiger partial charge in [-0.25, -0.2) is 0 Å². The summed E-state index contributed by atoms with van der Waals surface area (Å²) in [5.74, 6) is 1.30. The SMILES string of the molecule is c1ccc(-c2nc(CN3CCC4(CN(Cc5cccnc5)CCO4)C3)no2)cc1. The lowest BCUT2D eigenvalue weighted by Gasteiger charge is -2.40. The number of morpholine rings is 1. The Morgan fingerprint density at radius 2 is 1.83 bits per heavy atom. The summed E-state index contributed by atoms with van der Waals surface area (Å²) in [7, 11) is 0. The first kappa shape index (κ1) is 18.4. The van der Waals surface area contributed by atoms with Crippen LogP contribution in [0, 0.1) is 0 Å². The van der Waals surface area contributed by atoms with Crippen LogP contribution >= 0.6 is 0 Å². The molecule has 5 rings (SSSR count). The van der Waals surface area contributed by atoms with Crippen molar-refractivity contribution in [1.82, 2.24) is 24.9 Å². The first-order valence-corrected chi connectivity index (χ1v) is 10.1. The molecule has 2 aliphatic heterocycles. The van der Waals surface area contributed by atoms with Gasteiger partial charge in [0, 0.05) is 50.7 Å². The summed E-state index contributed by atoms with van der Waals surface area (Å²) in [5.41, 5.74) is 2.09. The van der Waals surface area contributed by atoms with Gasteiger partial charge in [-0.2, -0.15) is 4.98 Å². The number of rotatable bonds is 5. The zero-order valence-corrected chi connectivity index (χ0v) is 16.4. The van der Waals surface area contributed by atoms with Crippen LogP contribution in [0.15, 0.2) is 59.4 Å². The maximum absolute atomic E-state index is 6.27. The Bertz CT molecular complexity index is 933. The van der Waals surface area contributed by atoms with Gasteiger partial charge >= 0.3 is 0 Å². The molecular weight excluding hydrogens is 366 g/mol. The molecule has 0 bridgehead atoms. The van der Waals surface area contributed by atoms with Crippen LogP contribution < -0.4 is 0 Å². The highest BCUT2D eigenvalue weighted by atomic mass is 16.5. The molecule has 7 nitrogen and oxygen atoms in total. The Balaban J connectivity index is 1.20. The van der Waals surface area contributed by atoms with Gasteiger partial charge in [0.2, 0.25) is 0 Å². The molecule has 0 aliphatic carbocycles. The van der Waals surface area contributed by atoms with Gasteiger partial charge in [-0.15, -0.1) is 0 Å². The minimum absolute atomic E-state index is 0.105. The normalized spacial score (nSPS) is 23.0. The standard InChI is InChI=1S/C22H25N5O2/c1-2-6-19(7-3-1)21-24-20(25-29-21)15-26-10-8-22(16-26)17-27(11-12-28-22)14-18-5-4-9-23-13-18/h1-7,9,13H,8,10-12,14-17H2. The zero-order valence-electron chi connectivity index (χ0n) is 16.4. The van der Waals surface area contributed by atoms with Gasteiger partial charge in [0.25, 0.3) is 5.89 Å². The molecule has 1 unspecified atom stereocenters. The lowest BCUT2D eigenvalue weighted by molar-refractivity contribution is -0.104. The summed E-state index contributed by atoms with van der Waals surface area (Å²) in [6, 6.07) is 14.0. The summed E-state index contributed by atoms with van der Waals surface area (Å²) in [6.07, 6.45) is 4.80. The van der Waals surface area contributed by atoms with E-state index in [-0.39, 0.29) is 5.60 Å². The van der Waals surface area contributed by atoms with Gasteiger partial charge < -0.3 is 9.26 Å². The van der Waals surface area contributed by atoms with E-state index in [9.17, 15) is 0 Å². The van der Waals surface area contributed by atoms with Crippen molar-refractivity contribution in [3.63, 3.8) is 0 Å². The van der Waals surface area contributed by atoms with Crippen molar-refractivity contribution in [2.24, 2.45) is 0 Å². The summed E-state index contributed by atoms with van der Waals surface area (Å²) in [6.45, 7) is 6.16. The number of hydrogen-bond donors (Lipinski definition) is 0. The Morgan fingerprint density at radius 1 is 0.966 bits per heavy atom. The summed E-state index contributed by atoms with van der Waals surface area (Å²) < 4.78 is 11.7. The monoisotopic (exact) mass is 391 g/mol. The number of likely N-dealkylation sites (tertiary alicyclic amines) is 1. The molecule has 0 amide bonds. The van der Waals surface area contributed by atoms with Crippen LogP contribution in [0.3, 0.4) is 0 Å². The Kier molecular flexibility index (Phi) is 5.10. The van der Waals surface area contributed by atoms with E-state index >= 15 is 0 Å². The zero-order chi connectivity index (χ0) is 19.5. The third kappa shape index (κ3) is 4.22. The molecule has 2 fully saturated rings. The van der Waals surface area contributed by atoms with E-state index < -0.39 is 0 Å². The fourth-order valence-electron chi connectivity index (χ4n) is 4.33. The van der Waals surface area contributed by atoms with E-state index in [1.165, 1.54) is 5.56 Å². The molecule has 2 aliphatic rings. The Labute approximate surface area is 170 Å². The number of benzene rings is 1. The summed E-state index contributed by atoms with van der Waals surface area (Å²) >= 11 is 0. The highest BCUT2D eigenvalue weighted by Crippen LogP contribution is 2.30. The third-order valence-corrected chi connectivity index (χ3v) is 5.71. The van der Waals surface area contributed by atoms with Crippen molar-refractivity contribution < 1.29 is 9.26 Å². The molecule has 29 heavy (non-hydrogen) atoms. The van der Waals surface area contributed by atoms with E-state index in [0.29, 0.717) is 12.4 Å². The molecule has 1 atom stereocenters. The number of pyridine rings is 1. The molecule has 7 heteroatoms. The van der Waals surface area contributed by atoms with Gasteiger partial charge in [0.05, 0.1) is 18.8 Å². The van der Waals surface area contributed by atoms with Gasteiger partial charge in [-0.1, -0.05) is 29.4 Å². The predicted octanol–water partition coefficient (Wildman–Crippen LogP) is 2.61. The minimum atomic E-state index is -0.105. The van der Waals surface area contributed by atoms with Crippen LogP contribution in [0.4, 0.5) is 0 Å². The second kappa shape index (κ2) is 8.02. The number of hydrogen-bond acceptors (Lipinski definition) is 7. The second-order valence-electron chi connectivity index (χ2n) is 7.95. The van der Waals surface area contributed by atoms with Gasteiger partial charge in [0.1, 0.15) is 0 Å². The lowest BCUT2D eigenvalue weighted by Crippen LogP contribution is -2.52.